The van der Waals surface area contributed by atoms with Crippen LogP contribution in [0.15, 0.2) is 0 Å². The van der Waals surface area contributed by atoms with Crippen molar-refractivity contribution >= 4 is 0 Å². The first-order valence-corrected chi connectivity index (χ1v) is 2.81. The fourth-order valence-electron chi connectivity index (χ4n) is 0. The Labute approximate surface area is 90.5 Å². The van der Waals surface area contributed by atoms with E-state index < -0.39 is 13.0 Å². The van der Waals surface area contributed by atoms with Gasteiger partial charge in [0.25, 0.3) is 0 Å². The fraction of sp³-hybridized carbons (Fsp3) is 0. The normalized spacial score (nSPS) is 7.88. The van der Waals surface area contributed by atoms with Gasteiger partial charge in [0.1, 0.15) is 0 Å². The van der Waals surface area contributed by atoms with Gasteiger partial charge < -0.3 is 1.43 Å². The summed E-state index contributed by atoms with van der Waals surface area (Å²) < 4.78 is 33.1. The molecule has 6 nitrogen and oxygen atoms in total. The molecule has 0 bridgehead atoms. The van der Waals surface area contributed by atoms with Crippen molar-refractivity contribution in [2.45, 2.75) is 0 Å². The summed E-state index contributed by atoms with van der Waals surface area (Å²) in [6.45, 7) is 0. The van der Waals surface area contributed by atoms with E-state index in [9.17, 15) is 0 Å². The Kier molecular flexibility index (Phi) is 17.1. The van der Waals surface area contributed by atoms with Crippen LogP contribution in [-0.4, -0.2) is 14.7 Å². The van der Waals surface area contributed by atoms with Gasteiger partial charge in [0.05, 0.1) is 0 Å². The van der Waals surface area contributed by atoms with Gasteiger partial charge in [-0.25, -0.2) is 0 Å². The first-order chi connectivity index (χ1) is 3.00. The van der Waals surface area contributed by atoms with Gasteiger partial charge in [-0.1, -0.05) is 0 Å². The standard InChI is InChI=1S/K.Mn.H2O2.H2O.3O.H/c;;1-2;;;;;/h;;1-2H;1H2;;;;/q2*+1;;;;;;-1/p-1. The predicted molar refractivity (Wildman–Crippen MR) is 10.6 cm³/mol. The van der Waals surface area contributed by atoms with Gasteiger partial charge in [0.15, 0.2) is 0 Å². The Morgan fingerprint density at radius 3 is 1.12 bits per heavy atom. The third-order valence-corrected chi connectivity index (χ3v) is 0. The van der Waals surface area contributed by atoms with Gasteiger partial charge in [-0.3, -0.25) is 10.5 Å². The van der Waals surface area contributed by atoms with Gasteiger partial charge >= 0.3 is 80.0 Å². The average Bonchev–Trinajstić information content (AvgIpc) is 1.36. The van der Waals surface area contributed by atoms with Crippen LogP contribution in [0.4, 0.5) is 0 Å². The maximum atomic E-state index is 8.69. The predicted octanol–water partition coefficient (Wildman–Crippen LogP) is -3.78. The van der Waals surface area contributed by atoms with Crippen LogP contribution >= 0.6 is 0 Å². The van der Waals surface area contributed by atoms with Gasteiger partial charge in [-0.2, -0.15) is 0 Å². The molecule has 0 aromatic carbocycles. The topological polar surface area (TPSA) is 112 Å². The van der Waals surface area contributed by atoms with Crippen LogP contribution in [0.5, 0.6) is 0 Å². The van der Waals surface area contributed by atoms with Gasteiger partial charge in [0, 0.05) is 0 Å². The molecule has 3 N–H and O–H groups in total. The zero-order valence-electron chi connectivity index (χ0n) is 4.94. The van der Waals surface area contributed by atoms with E-state index in [0.29, 0.717) is 0 Å². The average molecular weight is 194 g/mol. The Bertz CT molecular complexity index is 134. The first-order valence-electron chi connectivity index (χ1n) is 0.832. The van der Waals surface area contributed by atoms with Crippen LogP contribution in [0.1, 0.15) is 1.43 Å². The molecular weight excluding hydrogens is 190 g/mol. The van der Waals surface area contributed by atoms with Crippen LogP contribution in [0.2, 0.25) is 0 Å². The van der Waals surface area contributed by atoms with Crippen molar-refractivity contribution in [1.29, 1.82) is 0 Å². The molecule has 0 unspecified atom stereocenters. The molecule has 0 fully saturated rings. The van der Waals surface area contributed by atoms with Crippen LogP contribution in [0, 0.1) is 0 Å². The molecule has 0 spiro atoms. The van der Waals surface area contributed by atoms with Crippen molar-refractivity contribution in [2.75, 3.05) is 0 Å². The molecule has 48 valence electrons. The summed E-state index contributed by atoms with van der Waals surface area (Å²) in [5, 5.41) is 12.0. The summed E-state index contributed by atoms with van der Waals surface area (Å²) >= 11 is -5.38. The summed E-state index contributed by atoms with van der Waals surface area (Å²) in [7, 11) is 0. The van der Waals surface area contributed by atoms with E-state index in [4.69, 9.17) is 26.2 Å². The Hall–Kier alpha value is 1.44. The van der Waals surface area contributed by atoms with Crippen LogP contribution in [0.3, 0.4) is 0 Å². The number of hydrogen-bond donors (Lipinski definition) is 3. The van der Waals surface area contributed by atoms with E-state index >= 15 is 0 Å². The molecule has 8 heteroatoms. The second-order valence-corrected chi connectivity index (χ2v) is 1.63. The molecule has 0 aromatic heterocycles. The van der Waals surface area contributed by atoms with E-state index in [1.807, 2.05) is 0 Å². The molecule has 0 radical (unpaired) electrons. The van der Waals surface area contributed by atoms with Crippen molar-refractivity contribution in [1.82, 2.24) is 0 Å². The molecule has 0 saturated heterocycles. The second kappa shape index (κ2) is 8.44. The third kappa shape index (κ3) is 149. The monoisotopic (exact) mass is 194 g/mol. The van der Waals surface area contributed by atoms with Crippen molar-refractivity contribution in [3.63, 3.8) is 0 Å². The molecule has 0 aliphatic heterocycles. The Balaban J connectivity index is -0.0000000286. The summed E-state index contributed by atoms with van der Waals surface area (Å²) in [6, 6.07) is 0. The molecule has 0 atom stereocenters. The number of rotatable bonds is 0. The van der Waals surface area contributed by atoms with E-state index in [2.05, 4.69) is 0 Å². The Morgan fingerprint density at radius 1 is 1.12 bits per heavy atom. The summed E-state index contributed by atoms with van der Waals surface area (Å²) in [5.74, 6) is 0. The van der Waals surface area contributed by atoms with Crippen LogP contribution in [0.25, 0.3) is 0 Å². The first kappa shape index (κ1) is 16.2. The molecule has 0 aliphatic rings. The second-order valence-electron chi connectivity index (χ2n) is 0.396. The zero-order chi connectivity index (χ0) is 6.50. The summed E-state index contributed by atoms with van der Waals surface area (Å²) in [4.78, 5) is 0. The maximum absolute atomic E-state index is 8.69. The van der Waals surface area contributed by atoms with Gasteiger partial charge in [-0.15, -0.1) is 0 Å². The van der Waals surface area contributed by atoms with Crippen LogP contribution < -0.4 is 51.4 Å². The Morgan fingerprint density at radius 2 is 1.12 bits per heavy atom. The van der Waals surface area contributed by atoms with Crippen molar-refractivity contribution in [3.05, 3.63) is 0 Å². The molecular formula is H4KMnO6. The molecule has 0 amide bonds. The fourth-order valence-corrected chi connectivity index (χ4v) is 0. The van der Waals surface area contributed by atoms with Crippen LogP contribution in [-0.2, 0) is 24.5 Å². The molecule has 0 rings (SSSR count). The zero-order valence-corrected chi connectivity index (χ0v) is 8.25. The van der Waals surface area contributed by atoms with Gasteiger partial charge in [-0.05, 0) is 0 Å². The molecule has 8 heavy (non-hydrogen) atoms. The third-order valence-electron chi connectivity index (χ3n) is 0. The van der Waals surface area contributed by atoms with Gasteiger partial charge in [0.2, 0.25) is 0 Å². The minimum atomic E-state index is -5.38. The quantitative estimate of drug-likeness (QED) is 0.207. The molecule has 0 aliphatic carbocycles. The van der Waals surface area contributed by atoms with Crippen molar-refractivity contribution in [2.24, 2.45) is 0 Å². The molecule has 0 saturated carbocycles. The molecule has 0 heterocycles. The van der Waals surface area contributed by atoms with Crippen molar-refractivity contribution < 1.29 is 92.0 Å². The SMILES string of the molecule is OO.[H-].[K+].[O]=[Mn](=[O])(=[O])[OH]. The molecule has 0 aromatic rings. The number of hydrogen-bond acceptors (Lipinski definition) is 5. The van der Waals surface area contributed by atoms with E-state index in [-0.39, 0.29) is 52.8 Å². The summed E-state index contributed by atoms with van der Waals surface area (Å²) in [6.07, 6.45) is 0. The van der Waals surface area contributed by atoms with E-state index in [0.717, 1.165) is 0 Å². The van der Waals surface area contributed by atoms with E-state index in [1.165, 1.54) is 0 Å². The van der Waals surface area contributed by atoms with E-state index in [1.54, 1.807) is 0 Å². The van der Waals surface area contributed by atoms with Crippen molar-refractivity contribution in [3.8, 4) is 0 Å². The minimum absolute atomic E-state index is 0. The summed E-state index contributed by atoms with van der Waals surface area (Å²) in [5.41, 5.74) is 0.